The van der Waals surface area contributed by atoms with Crippen molar-refractivity contribution in [1.82, 2.24) is 5.32 Å². The summed E-state index contributed by atoms with van der Waals surface area (Å²) in [4.78, 5) is 12.9. The van der Waals surface area contributed by atoms with Crippen LogP contribution in [0.3, 0.4) is 0 Å². The number of amides is 1. The minimum Gasteiger partial charge on any atom is -0.332 e. The molecule has 4 fully saturated rings. The van der Waals surface area contributed by atoms with Crippen molar-refractivity contribution in [3.63, 3.8) is 0 Å². The molecule has 4 aliphatic rings. The Labute approximate surface area is 147 Å². The first-order valence-electron chi connectivity index (χ1n) is 8.40. The van der Waals surface area contributed by atoms with Crippen molar-refractivity contribution in [3.8, 4) is 0 Å². The quantitative estimate of drug-likeness (QED) is 0.780. The molecule has 4 saturated carbocycles. The molecule has 0 atom stereocenters. The predicted molar refractivity (Wildman–Crippen MR) is 96.4 cm³/mol. The smallest absolute Gasteiger partial charge is 0.232 e. The number of hydrogen-bond acceptors (Lipinski definition) is 2. The molecule has 5 heteroatoms. The summed E-state index contributed by atoms with van der Waals surface area (Å²) < 4.78 is 0. The summed E-state index contributed by atoms with van der Waals surface area (Å²) in [6.45, 7) is 0. The Morgan fingerprint density at radius 3 is 2.09 bits per heavy atom. The average molecular weight is 349 g/mol. The van der Waals surface area contributed by atoms with Crippen molar-refractivity contribution in [1.29, 1.82) is 0 Å². The van der Waals surface area contributed by atoms with Crippen LogP contribution in [0.2, 0.25) is 5.02 Å². The van der Waals surface area contributed by atoms with Crippen molar-refractivity contribution in [2.45, 2.75) is 38.5 Å². The molecule has 0 radical (unpaired) electrons. The zero-order chi connectivity index (χ0) is 16.0. The van der Waals surface area contributed by atoms with Crippen LogP contribution < -0.4 is 10.6 Å². The number of carbonyl (C=O) groups excluding carboxylic acids is 1. The van der Waals surface area contributed by atoms with Crippen LogP contribution in [0.5, 0.6) is 0 Å². The minimum absolute atomic E-state index is 0.128. The van der Waals surface area contributed by atoms with E-state index in [9.17, 15) is 4.79 Å². The molecule has 4 bridgehead atoms. The molecule has 1 amide bonds. The van der Waals surface area contributed by atoms with E-state index >= 15 is 0 Å². The Hall–Kier alpha value is -1.13. The second-order valence-electron chi connectivity index (χ2n) is 7.61. The maximum absolute atomic E-state index is 12.9. The summed E-state index contributed by atoms with van der Waals surface area (Å²) in [6.07, 6.45) is 7.15. The summed E-state index contributed by atoms with van der Waals surface area (Å²) in [7, 11) is 0. The van der Waals surface area contributed by atoms with E-state index in [0.717, 1.165) is 42.7 Å². The highest BCUT2D eigenvalue weighted by molar-refractivity contribution is 7.80. The fourth-order valence-electron chi connectivity index (χ4n) is 5.32. The van der Waals surface area contributed by atoms with E-state index in [4.69, 9.17) is 23.8 Å². The Kier molecular flexibility index (Phi) is 3.85. The van der Waals surface area contributed by atoms with Gasteiger partial charge in [-0.3, -0.25) is 4.79 Å². The largest absolute Gasteiger partial charge is 0.332 e. The number of halogens is 1. The number of carbonyl (C=O) groups is 1. The molecule has 0 unspecified atom stereocenters. The Morgan fingerprint density at radius 2 is 1.57 bits per heavy atom. The van der Waals surface area contributed by atoms with Gasteiger partial charge in [-0.2, -0.15) is 0 Å². The van der Waals surface area contributed by atoms with Crippen LogP contribution in [0.15, 0.2) is 24.3 Å². The lowest BCUT2D eigenvalue weighted by molar-refractivity contribution is -0.144. The minimum atomic E-state index is -0.166. The molecule has 0 heterocycles. The topological polar surface area (TPSA) is 41.1 Å². The third-order valence-corrected chi connectivity index (χ3v) is 6.31. The van der Waals surface area contributed by atoms with E-state index in [1.807, 2.05) is 12.1 Å². The van der Waals surface area contributed by atoms with E-state index in [1.54, 1.807) is 12.1 Å². The molecule has 4 aliphatic carbocycles. The Balaban J connectivity index is 1.41. The van der Waals surface area contributed by atoms with Crippen molar-refractivity contribution < 1.29 is 4.79 Å². The van der Waals surface area contributed by atoms with E-state index in [2.05, 4.69) is 10.6 Å². The van der Waals surface area contributed by atoms with Crippen LogP contribution in [0.4, 0.5) is 5.69 Å². The lowest BCUT2D eigenvalue weighted by Gasteiger charge is -2.55. The van der Waals surface area contributed by atoms with Gasteiger partial charge in [0.05, 0.1) is 5.41 Å². The van der Waals surface area contributed by atoms with Gasteiger partial charge in [0.25, 0.3) is 0 Å². The molecular formula is C18H21ClN2OS. The molecule has 1 aromatic carbocycles. The molecule has 2 N–H and O–H groups in total. The van der Waals surface area contributed by atoms with Crippen LogP contribution in [0.1, 0.15) is 38.5 Å². The third-order valence-electron chi connectivity index (χ3n) is 5.85. The van der Waals surface area contributed by atoms with E-state index in [1.165, 1.54) is 19.3 Å². The van der Waals surface area contributed by atoms with Gasteiger partial charge in [-0.05, 0) is 92.8 Å². The van der Waals surface area contributed by atoms with E-state index in [0.29, 0.717) is 10.1 Å². The van der Waals surface area contributed by atoms with Crippen LogP contribution in [-0.4, -0.2) is 11.0 Å². The fraction of sp³-hybridized carbons (Fsp3) is 0.556. The molecule has 5 rings (SSSR count). The molecule has 0 aliphatic heterocycles. The van der Waals surface area contributed by atoms with Crippen molar-refractivity contribution in [2.75, 3.05) is 5.32 Å². The summed E-state index contributed by atoms with van der Waals surface area (Å²) in [5.74, 6) is 2.39. The van der Waals surface area contributed by atoms with Gasteiger partial charge in [0.15, 0.2) is 5.11 Å². The molecule has 0 aromatic heterocycles. The lowest BCUT2D eigenvalue weighted by Crippen LogP contribution is -2.55. The van der Waals surface area contributed by atoms with Crippen LogP contribution >= 0.6 is 23.8 Å². The molecule has 122 valence electrons. The average Bonchev–Trinajstić information content (AvgIpc) is 2.48. The molecule has 0 spiro atoms. The van der Waals surface area contributed by atoms with E-state index < -0.39 is 0 Å². The van der Waals surface area contributed by atoms with Gasteiger partial charge in [-0.25, -0.2) is 0 Å². The third kappa shape index (κ3) is 2.99. The zero-order valence-corrected chi connectivity index (χ0v) is 14.6. The first-order valence-corrected chi connectivity index (χ1v) is 9.19. The summed E-state index contributed by atoms with van der Waals surface area (Å²) in [5, 5.41) is 7.08. The van der Waals surface area contributed by atoms with Gasteiger partial charge >= 0.3 is 0 Å². The zero-order valence-electron chi connectivity index (χ0n) is 13.0. The van der Waals surface area contributed by atoms with Gasteiger partial charge in [0.2, 0.25) is 5.91 Å². The normalized spacial score (nSPS) is 34.2. The standard InChI is InChI=1S/C18H21ClN2OS/c19-14-1-3-15(4-2-14)20-17(23)21-16(22)18-8-11-5-12(9-18)7-13(6-11)10-18/h1-4,11-13H,5-10H2,(H2,20,21,22,23). The van der Waals surface area contributed by atoms with Crippen LogP contribution in [0.25, 0.3) is 0 Å². The number of hydrogen-bond donors (Lipinski definition) is 2. The molecule has 23 heavy (non-hydrogen) atoms. The fourth-order valence-corrected chi connectivity index (χ4v) is 5.66. The molecular weight excluding hydrogens is 328 g/mol. The second-order valence-corrected chi connectivity index (χ2v) is 8.46. The maximum Gasteiger partial charge on any atom is 0.232 e. The van der Waals surface area contributed by atoms with Crippen molar-refractivity contribution in [3.05, 3.63) is 29.3 Å². The maximum atomic E-state index is 12.9. The molecule has 0 saturated heterocycles. The molecule has 3 nitrogen and oxygen atoms in total. The van der Waals surface area contributed by atoms with Gasteiger partial charge in [-0.1, -0.05) is 11.6 Å². The van der Waals surface area contributed by atoms with Crippen molar-refractivity contribution >= 4 is 40.5 Å². The highest BCUT2D eigenvalue weighted by Crippen LogP contribution is 2.60. The van der Waals surface area contributed by atoms with Gasteiger partial charge < -0.3 is 10.6 Å². The number of rotatable bonds is 2. The lowest BCUT2D eigenvalue weighted by atomic mass is 9.49. The van der Waals surface area contributed by atoms with Gasteiger partial charge in [0.1, 0.15) is 0 Å². The van der Waals surface area contributed by atoms with Gasteiger partial charge in [-0.15, -0.1) is 0 Å². The van der Waals surface area contributed by atoms with E-state index in [-0.39, 0.29) is 11.3 Å². The molecule has 1 aromatic rings. The Bertz CT molecular complexity index is 608. The van der Waals surface area contributed by atoms with Gasteiger partial charge in [0, 0.05) is 10.7 Å². The predicted octanol–water partition coefficient (Wildman–Crippen LogP) is 4.37. The first kappa shape index (κ1) is 15.4. The highest BCUT2D eigenvalue weighted by atomic mass is 35.5. The monoisotopic (exact) mass is 348 g/mol. The number of anilines is 1. The summed E-state index contributed by atoms with van der Waals surface area (Å²) in [6, 6.07) is 7.30. The number of thiocarbonyl (C=S) groups is 1. The second kappa shape index (κ2) is 5.75. The SMILES string of the molecule is O=C(NC(=S)Nc1ccc(Cl)cc1)C12CC3CC(CC(C3)C1)C2. The van der Waals surface area contributed by atoms with Crippen LogP contribution in [0, 0.1) is 23.2 Å². The summed E-state index contributed by atoms with van der Waals surface area (Å²) in [5.41, 5.74) is 0.672. The number of nitrogens with one attached hydrogen (secondary N) is 2. The number of benzene rings is 1. The Morgan fingerprint density at radius 1 is 1.04 bits per heavy atom. The highest BCUT2D eigenvalue weighted by Gasteiger charge is 2.54. The summed E-state index contributed by atoms with van der Waals surface area (Å²) >= 11 is 11.2. The van der Waals surface area contributed by atoms with Crippen molar-refractivity contribution in [2.24, 2.45) is 23.2 Å². The first-order chi connectivity index (χ1) is 11.0. The van der Waals surface area contributed by atoms with Crippen LogP contribution in [-0.2, 0) is 4.79 Å².